The highest BCUT2D eigenvalue weighted by atomic mass is 19.4. The summed E-state index contributed by atoms with van der Waals surface area (Å²) in [5.41, 5.74) is 0.171. The van der Waals surface area contributed by atoms with Crippen LogP contribution in [0.5, 0.6) is 0 Å². The molecule has 0 saturated heterocycles. The lowest BCUT2D eigenvalue weighted by atomic mass is 9.43. The number of alkyl halides is 3. The van der Waals surface area contributed by atoms with Crippen molar-refractivity contribution >= 4 is 5.97 Å². The third-order valence-electron chi connectivity index (χ3n) is 11.8. The molecule has 6 heteroatoms. The third kappa shape index (κ3) is 4.53. The maximum absolute atomic E-state index is 13.4. The first-order valence-corrected chi connectivity index (χ1v) is 14.3. The molecule has 4 aliphatic carbocycles. The quantitative estimate of drug-likeness (QED) is 0.412. The van der Waals surface area contributed by atoms with E-state index in [9.17, 15) is 23.1 Å². The summed E-state index contributed by atoms with van der Waals surface area (Å²) in [6, 6.07) is 9.20. The van der Waals surface area contributed by atoms with Gasteiger partial charge in [0.1, 0.15) is 5.60 Å². The number of aliphatic hydroxyl groups excluding tert-OH is 1. The monoisotopic (exact) mass is 520 g/mol. The van der Waals surface area contributed by atoms with Gasteiger partial charge in [-0.25, -0.2) is 4.79 Å². The number of hydrogen-bond donors (Lipinski definition) is 1. The minimum atomic E-state index is -4.56. The molecule has 0 aromatic heterocycles. The average Bonchev–Trinajstić information content (AvgIpc) is 3.20. The lowest BCUT2D eigenvalue weighted by Crippen LogP contribution is -2.56. The zero-order chi connectivity index (χ0) is 26.8. The second kappa shape index (κ2) is 9.27. The van der Waals surface area contributed by atoms with Crippen molar-refractivity contribution in [3.05, 3.63) is 35.9 Å². The Morgan fingerprint density at radius 3 is 2.30 bits per heavy atom. The summed E-state index contributed by atoms with van der Waals surface area (Å²) in [7, 11) is 0. The Bertz CT molecular complexity index is 995. The summed E-state index contributed by atoms with van der Waals surface area (Å²) < 4.78 is 46.2. The van der Waals surface area contributed by atoms with Crippen molar-refractivity contribution in [3.63, 3.8) is 0 Å². The van der Waals surface area contributed by atoms with Crippen LogP contribution >= 0.6 is 0 Å². The van der Waals surface area contributed by atoms with Crippen molar-refractivity contribution in [2.75, 3.05) is 0 Å². The van der Waals surface area contributed by atoms with Crippen LogP contribution < -0.4 is 0 Å². The van der Waals surface area contributed by atoms with E-state index in [1.54, 1.807) is 19.1 Å². The molecule has 4 fully saturated rings. The van der Waals surface area contributed by atoms with Gasteiger partial charge in [-0.2, -0.15) is 13.2 Å². The van der Waals surface area contributed by atoms with Crippen LogP contribution in [-0.4, -0.2) is 29.0 Å². The predicted molar refractivity (Wildman–Crippen MR) is 137 cm³/mol. The van der Waals surface area contributed by atoms with E-state index in [1.807, 2.05) is 18.2 Å². The molecule has 0 radical (unpaired) electrons. The summed E-state index contributed by atoms with van der Waals surface area (Å²) in [5.74, 6) is 0.920. The predicted octanol–water partition coefficient (Wildman–Crippen LogP) is 7.82. The minimum Gasteiger partial charge on any atom is -0.456 e. The van der Waals surface area contributed by atoms with Crippen LogP contribution in [-0.2, 0) is 4.74 Å². The van der Waals surface area contributed by atoms with E-state index < -0.39 is 23.8 Å². The Morgan fingerprint density at radius 1 is 0.946 bits per heavy atom. The summed E-state index contributed by atoms with van der Waals surface area (Å²) in [5, 5.41) is 10.1. The molecular formula is C31H43F3O3. The molecule has 0 bridgehead atoms. The van der Waals surface area contributed by atoms with Crippen LogP contribution in [0.1, 0.15) is 95.8 Å². The van der Waals surface area contributed by atoms with Gasteiger partial charge in [-0.05, 0) is 123 Å². The second-order valence-electron chi connectivity index (χ2n) is 13.6. The molecule has 1 unspecified atom stereocenters. The van der Waals surface area contributed by atoms with Crippen molar-refractivity contribution in [1.82, 2.24) is 0 Å². The molecule has 1 N–H and O–H groups in total. The fourth-order valence-electron chi connectivity index (χ4n) is 9.79. The molecule has 37 heavy (non-hydrogen) atoms. The van der Waals surface area contributed by atoms with Crippen LogP contribution in [0.2, 0.25) is 0 Å². The fourth-order valence-corrected chi connectivity index (χ4v) is 9.79. The molecule has 1 aromatic rings. The number of ether oxygens (including phenoxy) is 1. The molecule has 4 aliphatic rings. The van der Waals surface area contributed by atoms with Gasteiger partial charge in [0.05, 0.1) is 5.56 Å². The topological polar surface area (TPSA) is 46.5 Å². The van der Waals surface area contributed by atoms with Crippen molar-refractivity contribution in [3.8, 4) is 0 Å². The van der Waals surface area contributed by atoms with Crippen molar-refractivity contribution in [2.24, 2.45) is 46.3 Å². The highest BCUT2D eigenvalue weighted by molar-refractivity contribution is 5.89. The average molecular weight is 521 g/mol. The first-order chi connectivity index (χ1) is 17.3. The number of fused-ring (bicyclic) bond motifs is 5. The summed E-state index contributed by atoms with van der Waals surface area (Å²) >= 11 is 0. The molecule has 206 valence electrons. The molecule has 0 aliphatic heterocycles. The number of halogens is 3. The van der Waals surface area contributed by atoms with E-state index in [1.165, 1.54) is 0 Å². The lowest BCUT2D eigenvalue weighted by Gasteiger charge is -2.62. The van der Waals surface area contributed by atoms with Gasteiger partial charge in [-0.15, -0.1) is 0 Å². The molecule has 0 amide bonds. The summed E-state index contributed by atoms with van der Waals surface area (Å²) in [6.45, 7) is 8.37. The number of aliphatic hydroxyl groups is 1. The standard InChI is InChI=1S/C31H43F3O3/c1-19(26(35)31(32,33)34)23-12-13-24-22-11-10-21-18-28(2,37-27(36)20-8-6-5-7-9-20)16-17-29(21,3)25(22)14-15-30(23,24)4/h5-9,19,21-26,35H,10-18H2,1-4H3/t19-,21+,22?,23+,24-,25-,26+,28-,29-,30+/m0/s1. The maximum atomic E-state index is 13.4. The molecule has 3 nitrogen and oxygen atoms in total. The Hall–Kier alpha value is -1.56. The summed E-state index contributed by atoms with van der Waals surface area (Å²) in [4.78, 5) is 12.8. The van der Waals surface area contributed by atoms with Crippen molar-refractivity contribution in [2.45, 2.75) is 103 Å². The minimum absolute atomic E-state index is 0.0901. The van der Waals surface area contributed by atoms with Gasteiger partial charge in [-0.3, -0.25) is 0 Å². The van der Waals surface area contributed by atoms with Gasteiger partial charge in [0.2, 0.25) is 0 Å². The first-order valence-electron chi connectivity index (χ1n) is 14.3. The van der Waals surface area contributed by atoms with Gasteiger partial charge in [-0.1, -0.05) is 39.0 Å². The molecule has 0 spiro atoms. The molecule has 10 atom stereocenters. The van der Waals surface area contributed by atoms with E-state index >= 15 is 0 Å². The number of carbonyl (C=O) groups excluding carboxylic acids is 1. The van der Waals surface area contributed by atoms with Gasteiger partial charge in [0, 0.05) is 0 Å². The van der Waals surface area contributed by atoms with E-state index in [0.29, 0.717) is 29.2 Å². The van der Waals surface area contributed by atoms with Crippen molar-refractivity contribution in [1.29, 1.82) is 0 Å². The number of carbonyl (C=O) groups is 1. The molecule has 4 saturated carbocycles. The Morgan fingerprint density at radius 2 is 1.62 bits per heavy atom. The van der Waals surface area contributed by atoms with Crippen LogP contribution in [0.15, 0.2) is 30.3 Å². The Labute approximate surface area is 219 Å². The smallest absolute Gasteiger partial charge is 0.414 e. The van der Waals surface area contributed by atoms with E-state index in [2.05, 4.69) is 20.8 Å². The normalized spacial score (nSPS) is 43.2. The number of hydrogen-bond acceptors (Lipinski definition) is 3. The second-order valence-corrected chi connectivity index (χ2v) is 13.6. The van der Waals surface area contributed by atoms with Crippen LogP contribution in [0.25, 0.3) is 0 Å². The Balaban J connectivity index is 1.30. The van der Waals surface area contributed by atoms with E-state index in [-0.39, 0.29) is 22.7 Å². The van der Waals surface area contributed by atoms with Crippen molar-refractivity contribution < 1.29 is 27.8 Å². The number of esters is 1. The molecule has 0 heterocycles. The van der Waals surface area contributed by atoms with E-state index in [4.69, 9.17) is 4.74 Å². The Kier molecular flexibility index (Phi) is 6.77. The molecule has 1 aromatic carbocycles. The van der Waals surface area contributed by atoms with Gasteiger partial charge < -0.3 is 9.84 Å². The first kappa shape index (κ1) is 27.0. The SMILES string of the molecule is C[C@H]([C@@H](O)C(F)(F)F)[C@H]1CC[C@H]2C3CC[C@@H]4C[C@@](C)(OC(=O)c5ccccc5)CC[C@]4(C)[C@H]3CC[C@]12C. The third-order valence-corrected chi connectivity index (χ3v) is 11.8. The molecular weight excluding hydrogens is 477 g/mol. The van der Waals surface area contributed by atoms with Crippen LogP contribution in [0.4, 0.5) is 13.2 Å². The van der Waals surface area contributed by atoms with Gasteiger partial charge >= 0.3 is 12.1 Å². The summed E-state index contributed by atoms with van der Waals surface area (Å²) in [6.07, 6.45) is 1.90. The fraction of sp³-hybridized carbons (Fsp3) is 0.774. The maximum Gasteiger partial charge on any atom is 0.414 e. The van der Waals surface area contributed by atoms with Gasteiger partial charge in [0.15, 0.2) is 6.10 Å². The largest absolute Gasteiger partial charge is 0.456 e. The molecule has 5 rings (SSSR count). The zero-order valence-corrected chi connectivity index (χ0v) is 22.7. The highest BCUT2D eigenvalue weighted by Crippen LogP contribution is 2.69. The number of benzene rings is 1. The zero-order valence-electron chi connectivity index (χ0n) is 22.7. The van der Waals surface area contributed by atoms with Crippen LogP contribution in [0.3, 0.4) is 0 Å². The lowest BCUT2D eigenvalue weighted by molar-refractivity contribution is -0.228. The highest BCUT2D eigenvalue weighted by Gasteiger charge is 2.63. The number of rotatable bonds is 4. The van der Waals surface area contributed by atoms with Crippen LogP contribution in [0, 0.1) is 46.3 Å². The van der Waals surface area contributed by atoms with E-state index in [0.717, 1.165) is 57.8 Å². The van der Waals surface area contributed by atoms with Gasteiger partial charge in [0.25, 0.3) is 0 Å².